The summed E-state index contributed by atoms with van der Waals surface area (Å²) in [4.78, 5) is 8.67. The van der Waals surface area contributed by atoms with Crippen LogP contribution in [0.2, 0.25) is 5.02 Å². The van der Waals surface area contributed by atoms with Crippen LogP contribution in [0.25, 0.3) is 11.4 Å². The molecule has 3 rings (SSSR count). The Bertz CT molecular complexity index is 939. The molecule has 0 spiro atoms. The maximum atomic E-state index is 6.09. The van der Waals surface area contributed by atoms with Crippen molar-refractivity contribution in [3.63, 3.8) is 0 Å². The molecule has 140 valence electrons. The molecule has 0 aliphatic carbocycles. The second kappa shape index (κ2) is 8.41. The number of benzene rings is 2. The van der Waals surface area contributed by atoms with Crippen LogP contribution in [0.3, 0.4) is 0 Å². The molecule has 0 saturated carbocycles. The van der Waals surface area contributed by atoms with Crippen LogP contribution in [-0.4, -0.2) is 35.4 Å². The zero-order chi connectivity index (χ0) is 19.2. The van der Waals surface area contributed by atoms with E-state index in [1.165, 1.54) is 0 Å². The summed E-state index contributed by atoms with van der Waals surface area (Å²) in [7, 11) is 3.18. The van der Waals surface area contributed by atoms with Crippen molar-refractivity contribution in [2.45, 2.75) is 6.54 Å². The van der Waals surface area contributed by atoms with Crippen LogP contribution in [-0.2, 0) is 6.54 Å². The van der Waals surface area contributed by atoms with Gasteiger partial charge in [0.15, 0.2) is 11.8 Å². The maximum absolute atomic E-state index is 6.09. The maximum Gasteiger partial charge on any atom is 0.193 e. The Hall–Kier alpha value is -3.26. The van der Waals surface area contributed by atoms with Gasteiger partial charge in [-0.2, -0.15) is 5.10 Å². The third kappa shape index (κ3) is 4.68. The molecule has 4 N–H and O–H groups in total. The van der Waals surface area contributed by atoms with E-state index in [0.717, 1.165) is 11.3 Å². The molecule has 0 aliphatic rings. The van der Waals surface area contributed by atoms with Gasteiger partial charge in [-0.15, -0.1) is 0 Å². The average molecular weight is 387 g/mol. The summed E-state index contributed by atoms with van der Waals surface area (Å²) in [6, 6.07) is 12.7. The second-order valence-corrected chi connectivity index (χ2v) is 5.92. The van der Waals surface area contributed by atoms with E-state index in [2.05, 4.69) is 25.5 Å². The number of nitrogens with two attached hydrogens (primary N) is 1. The molecule has 2 aromatic carbocycles. The lowest BCUT2D eigenvalue weighted by atomic mass is 10.2. The van der Waals surface area contributed by atoms with Gasteiger partial charge in [-0.05, 0) is 42.5 Å². The monoisotopic (exact) mass is 386 g/mol. The minimum absolute atomic E-state index is 0.235. The lowest BCUT2D eigenvalue weighted by molar-refractivity contribution is 0.415. The smallest absolute Gasteiger partial charge is 0.193 e. The van der Waals surface area contributed by atoms with Crippen LogP contribution in [0.4, 0.5) is 5.69 Å². The molecule has 0 atom stereocenters. The number of nitrogens with one attached hydrogen (secondary N) is 2. The Labute approximate surface area is 161 Å². The molecule has 0 saturated heterocycles. The van der Waals surface area contributed by atoms with Crippen LogP contribution in [0, 0.1) is 0 Å². The first-order valence-corrected chi connectivity index (χ1v) is 8.43. The van der Waals surface area contributed by atoms with Gasteiger partial charge in [-0.25, -0.2) is 9.98 Å². The topological polar surface area (TPSA) is 110 Å². The molecular formula is C18H19ClN6O2. The van der Waals surface area contributed by atoms with Gasteiger partial charge in [0.25, 0.3) is 0 Å². The fraction of sp³-hybridized carbons (Fsp3) is 0.167. The average Bonchev–Trinajstić information content (AvgIpc) is 3.16. The number of hydrogen-bond donors (Lipinski definition) is 3. The summed E-state index contributed by atoms with van der Waals surface area (Å²) in [6.45, 7) is 0.256. The number of aromatic nitrogens is 3. The second-order valence-electron chi connectivity index (χ2n) is 5.51. The largest absolute Gasteiger partial charge is 0.497 e. The first-order valence-electron chi connectivity index (χ1n) is 8.05. The standard InChI is InChI=1S/C18H19ClN6O2/c1-26-13-6-3-11(4-7-13)17-23-16(24-25-17)10-21-18(20)22-12-5-8-15(27-2)14(19)9-12/h3-9H,10H2,1-2H3,(H3,20,21,22)(H,23,24,25). The van der Waals surface area contributed by atoms with Crippen molar-refractivity contribution in [1.29, 1.82) is 0 Å². The predicted octanol–water partition coefficient (Wildman–Crippen LogP) is 3.07. The third-order valence-electron chi connectivity index (χ3n) is 3.70. The molecule has 0 bridgehead atoms. The molecule has 9 heteroatoms. The summed E-state index contributed by atoms with van der Waals surface area (Å²) in [5.41, 5.74) is 7.50. The predicted molar refractivity (Wildman–Crippen MR) is 105 cm³/mol. The Kier molecular flexibility index (Phi) is 5.77. The molecule has 0 radical (unpaired) electrons. The van der Waals surface area contributed by atoms with Crippen molar-refractivity contribution in [3.8, 4) is 22.9 Å². The molecule has 0 aliphatic heterocycles. The molecule has 0 unspecified atom stereocenters. The first-order chi connectivity index (χ1) is 13.1. The highest BCUT2D eigenvalue weighted by Crippen LogP contribution is 2.27. The van der Waals surface area contributed by atoms with Crippen LogP contribution < -0.4 is 20.5 Å². The van der Waals surface area contributed by atoms with Gasteiger partial charge in [0.05, 0.1) is 19.2 Å². The van der Waals surface area contributed by atoms with E-state index in [0.29, 0.717) is 28.1 Å². The first kappa shape index (κ1) is 18.5. The zero-order valence-corrected chi connectivity index (χ0v) is 15.6. The lowest BCUT2D eigenvalue weighted by Gasteiger charge is -2.08. The van der Waals surface area contributed by atoms with Crippen molar-refractivity contribution >= 4 is 23.2 Å². The number of hydrogen-bond acceptors (Lipinski definition) is 5. The number of halogens is 1. The molecule has 0 amide bonds. The number of methoxy groups -OCH3 is 2. The van der Waals surface area contributed by atoms with E-state index < -0.39 is 0 Å². The highest BCUT2D eigenvalue weighted by molar-refractivity contribution is 6.32. The van der Waals surface area contributed by atoms with Crippen LogP contribution in [0.1, 0.15) is 5.82 Å². The molecule has 27 heavy (non-hydrogen) atoms. The Morgan fingerprint density at radius 2 is 1.96 bits per heavy atom. The number of ether oxygens (including phenoxy) is 2. The molecule has 1 heterocycles. The minimum Gasteiger partial charge on any atom is -0.497 e. The number of aromatic amines is 1. The van der Waals surface area contributed by atoms with Crippen molar-refractivity contribution in [3.05, 3.63) is 53.3 Å². The van der Waals surface area contributed by atoms with Gasteiger partial charge in [-0.3, -0.25) is 5.10 Å². The number of guanidine groups is 1. The fourth-order valence-electron chi connectivity index (χ4n) is 2.33. The SMILES string of the molecule is COc1ccc(-c2n[nH]c(CN=C(N)Nc3ccc(OC)c(Cl)c3)n2)cc1. The van der Waals surface area contributed by atoms with Gasteiger partial charge in [0.1, 0.15) is 23.9 Å². The molecule has 3 aromatic rings. The normalized spacial score (nSPS) is 11.3. The summed E-state index contributed by atoms with van der Waals surface area (Å²) in [5, 5.41) is 10.5. The number of aliphatic imine (C=N–C) groups is 1. The number of anilines is 1. The lowest BCUT2D eigenvalue weighted by Crippen LogP contribution is -2.22. The quantitative estimate of drug-likeness (QED) is 0.443. The summed E-state index contributed by atoms with van der Waals surface area (Å²) in [5.74, 6) is 2.77. The van der Waals surface area contributed by atoms with E-state index in [4.69, 9.17) is 26.8 Å². The van der Waals surface area contributed by atoms with Gasteiger partial charge < -0.3 is 20.5 Å². The molecule has 1 aromatic heterocycles. The summed E-state index contributed by atoms with van der Waals surface area (Å²) < 4.78 is 10.3. The van der Waals surface area contributed by atoms with Gasteiger partial charge >= 0.3 is 0 Å². The van der Waals surface area contributed by atoms with E-state index in [1.807, 2.05) is 24.3 Å². The minimum atomic E-state index is 0.235. The van der Waals surface area contributed by atoms with Gasteiger partial charge in [-0.1, -0.05) is 11.6 Å². The number of rotatable bonds is 6. The van der Waals surface area contributed by atoms with Gasteiger partial charge in [0, 0.05) is 11.3 Å². The number of H-pyrrole nitrogens is 1. The van der Waals surface area contributed by atoms with Crippen LogP contribution in [0.5, 0.6) is 11.5 Å². The highest BCUT2D eigenvalue weighted by atomic mass is 35.5. The highest BCUT2D eigenvalue weighted by Gasteiger charge is 2.07. The van der Waals surface area contributed by atoms with Crippen LogP contribution >= 0.6 is 11.6 Å². The van der Waals surface area contributed by atoms with E-state index in [-0.39, 0.29) is 12.5 Å². The van der Waals surface area contributed by atoms with Crippen molar-refractivity contribution in [2.75, 3.05) is 19.5 Å². The fourth-order valence-corrected chi connectivity index (χ4v) is 2.58. The van der Waals surface area contributed by atoms with Crippen LogP contribution in [0.15, 0.2) is 47.5 Å². The summed E-state index contributed by atoms with van der Waals surface area (Å²) >= 11 is 6.09. The molecular weight excluding hydrogens is 368 g/mol. The van der Waals surface area contributed by atoms with Gasteiger partial charge in [0.2, 0.25) is 0 Å². The van der Waals surface area contributed by atoms with Crippen molar-refractivity contribution < 1.29 is 9.47 Å². The van der Waals surface area contributed by atoms with E-state index in [1.54, 1.807) is 32.4 Å². The Balaban J connectivity index is 1.63. The van der Waals surface area contributed by atoms with E-state index >= 15 is 0 Å². The van der Waals surface area contributed by atoms with Crippen molar-refractivity contribution in [2.24, 2.45) is 10.7 Å². The summed E-state index contributed by atoms with van der Waals surface area (Å²) in [6.07, 6.45) is 0. The third-order valence-corrected chi connectivity index (χ3v) is 4.00. The zero-order valence-electron chi connectivity index (χ0n) is 14.9. The Morgan fingerprint density at radius 1 is 1.19 bits per heavy atom. The number of nitrogens with zero attached hydrogens (tertiary/aromatic N) is 3. The Morgan fingerprint density at radius 3 is 2.63 bits per heavy atom. The van der Waals surface area contributed by atoms with Crippen molar-refractivity contribution in [1.82, 2.24) is 15.2 Å². The molecule has 8 nitrogen and oxygen atoms in total. The molecule has 0 fully saturated rings. The van der Waals surface area contributed by atoms with E-state index in [9.17, 15) is 0 Å².